The van der Waals surface area contributed by atoms with Crippen molar-refractivity contribution >= 4 is 15.5 Å². The molecule has 2 aromatic rings. The van der Waals surface area contributed by atoms with E-state index in [-0.39, 0.29) is 11.0 Å². The van der Waals surface area contributed by atoms with Crippen LogP contribution in [0.2, 0.25) is 0 Å². The topological polar surface area (TPSA) is 68.3 Å². The van der Waals surface area contributed by atoms with Crippen molar-refractivity contribution in [2.45, 2.75) is 11.0 Å². The minimum Gasteiger partial charge on any atom is -0.480 e. The van der Waals surface area contributed by atoms with E-state index < -0.39 is 15.7 Å². The average Bonchev–Trinajstić information content (AvgIpc) is 2.46. The molecule has 1 unspecified atom stereocenters. The normalized spacial score (nSPS) is 17.5. The van der Waals surface area contributed by atoms with E-state index in [1.807, 2.05) is 0 Å². The molecule has 0 fully saturated rings. The molecule has 0 saturated carbocycles. The molecule has 3 rings (SSSR count). The molecule has 110 valence electrons. The number of rotatable bonds is 2. The van der Waals surface area contributed by atoms with Crippen LogP contribution in [-0.4, -0.2) is 26.2 Å². The van der Waals surface area contributed by atoms with Gasteiger partial charge in [0.25, 0.3) is 0 Å². The zero-order chi connectivity index (χ0) is 15.0. The van der Waals surface area contributed by atoms with Gasteiger partial charge in [-0.15, -0.1) is 0 Å². The third kappa shape index (κ3) is 2.82. The van der Waals surface area contributed by atoms with Gasteiger partial charge in [0.2, 0.25) is 0 Å². The Hall–Kier alpha value is -2.15. The first kappa shape index (κ1) is 13.8. The van der Waals surface area contributed by atoms with Gasteiger partial charge in [-0.2, -0.15) is 0 Å². The van der Waals surface area contributed by atoms with Gasteiger partial charge in [0.05, 0.1) is 29.0 Å². The van der Waals surface area contributed by atoms with Gasteiger partial charge in [-0.05, 0) is 30.3 Å². The number of pyridine rings is 1. The van der Waals surface area contributed by atoms with E-state index >= 15 is 0 Å². The number of aromatic nitrogens is 1. The quantitative estimate of drug-likeness (QED) is 0.921. The number of nitrogens with one attached hydrogen (secondary N) is 1. The number of sulfone groups is 1. The molecule has 0 spiro atoms. The Morgan fingerprint density at radius 2 is 2.14 bits per heavy atom. The molecule has 0 saturated heterocycles. The van der Waals surface area contributed by atoms with Crippen LogP contribution in [0.15, 0.2) is 41.4 Å². The summed E-state index contributed by atoms with van der Waals surface area (Å²) in [6, 6.07) is 7.54. The summed E-state index contributed by atoms with van der Waals surface area (Å²) >= 11 is 0. The number of benzene rings is 1. The van der Waals surface area contributed by atoms with Crippen LogP contribution >= 0.6 is 0 Å². The summed E-state index contributed by atoms with van der Waals surface area (Å²) in [6.45, 7) is 0.429. The number of anilines is 1. The van der Waals surface area contributed by atoms with E-state index in [1.54, 1.807) is 18.2 Å². The van der Waals surface area contributed by atoms with E-state index in [1.165, 1.54) is 12.1 Å². The van der Waals surface area contributed by atoms with E-state index in [4.69, 9.17) is 4.74 Å². The predicted octanol–water partition coefficient (Wildman–Crippen LogP) is 2.17. The molecule has 1 N–H and O–H groups in total. The standard InChI is InChI=1S/C14H13FN2O3S/c1-21(18,19)10-3-5-13-12(6-10)17-8-14(20-13)11-4-2-9(15)7-16-11/h2-7,14,17H,8H2,1H3. The number of nitrogens with zero attached hydrogens (tertiary/aromatic N) is 1. The zero-order valence-corrected chi connectivity index (χ0v) is 12.0. The highest BCUT2D eigenvalue weighted by molar-refractivity contribution is 7.90. The van der Waals surface area contributed by atoms with Gasteiger partial charge in [0.15, 0.2) is 15.9 Å². The van der Waals surface area contributed by atoms with Crippen LogP contribution in [0.5, 0.6) is 5.75 Å². The lowest BCUT2D eigenvalue weighted by Crippen LogP contribution is -2.24. The van der Waals surface area contributed by atoms with E-state index in [0.717, 1.165) is 12.5 Å². The molecule has 2 heterocycles. The molecule has 21 heavy (non-hydrogen) atoms. The molecular formula is C14H13FN2O3S. The molecule has 1 aliphatic heterocycles. The molecule has 5 nitrogen and oxygen atoms in total. The summed E-state index contributed by atoms with van der Waals surface area (Å²) in [5, 5.41) is 3.12. The van der Waals surface area contributed by atoms with Crippen molar-refractivity contribution in [3.8, 4) is 5.75 Å². The minimum absolute atomic E-state index is 0.232. The van der Waals surface area contributed by atoms with Crippen molar-refractivity contribution in [1.29, 1.82) is 0 Å². The van der Waals surface area contributed by atoms with Gasteiger partial charge < -0.3 is 10.1 Å². The number of halogens is 1. The number of hydrogen-bond donors (Lipinski definition) is 1. The van der Waals surface area contributed by atoms with Crippen LogP contribution in [0, 0.1) is 5.82 Å². The summed E-state index contributed by atoms with van der Waals surface area (Å²) in [6.07, 6.45) is 1.95. The molecule has 1 aromatic carbocycles. The zero-order valence-electron chi connectivity index (χ0n) is 11.2. The highest BCUT2D eigenvalue weighted by atomic mass is 32.2. The van der Waals surface area contributed by atoms with Crippen LogP contribution in [0.4, 0.5) is 10.1 Å². The summed E-state index contributed by atoms with van der Waals surface area (Å²) in [5.74, 6) is 0.144. The largest absolute Gasteiger partial charge is 0.480 e. The van der Waals surface area contributed by atoms with Crippen molar-refractivity contribution < 1.29 is 17.5 Å². The molecule has 1 atom stereocenters. The number of ether oxygens (including phenoxy) is 1. The van der Waals surface area contributed by atoms with E-state index in [2.05, 4.69) is 10.3 Å². The fraction of sp³-hybridized carbons (Fsp3) is 0.214. The molecule has 0 radical (unpaired) electrons. The molecule has 1 aliphatic rings. The second-order valence-electron chi connectivity index (χ2n) is 4.82. The van der Waals surface area contributed by atoms with Crippen molar-refractivity contribution in [2.24, 2.45) is 0 Å². The van der Waals surface area contributed by atoms with Crippen LogP contribution in [-0.2, 0) is 9.84 Å². The van der Waals surface area contributed by atoms with Crippen LogP contribution in [0.25, 0.3) is 0 Å². The van der Waals surface area contributed by atoms with Crippen molar-refractivity contribution in [2.75, 3.05) is 18.1 Å². The first-order chi connectivity index (χ1) is 9.93. The fourth-order valence-electron chi connectivity index (χ4n) is 2.12. The second-order valence-corrected chi connectivity index (χ2v) is 6.83. The summed E-state index contributed by atoms with van der Waals surface area (Å²) in [4.78, 5) is 4.23. The van der Waals surface area contributed by atoms with Crippen LogP contribution < -0.4 is 10.1 Å². The Balaban J connectivity index is 1.88. The highest BCUT2D eigenvalue weighted by Crippen LogP contribution is 2.35. The SMILES string of the molecule is CS(=O)(=O)c1ccc2c(c1)NCC(c1ccc(F)cn1)O2. The molecule has 0 aliphatic carbocycles. The van der Waals surface area contributed by atoms with Gasteiger partial charge in [-0.3, -0.25) is 4.98 Å². The van der Waals surface area contributed by atoms with E-state index in [9.17, 15) is 12.8 Å². The Labute approximate surface area is 121 Å². The predicted molar refractivity (Wildman–Crippen MR) is 75.6 cm³/mol. The lowest BCUT2D eigenvalue weighted by Gasteiger charge is -2.27. The van der Waals surface area contributed by atoms with Crippen LogP contribution in [0.1, 0.15) is 11.8 Å². The van der Waals surface area contributed by atoms with Gasteiger partial charge in [-0.25, -0.2) is 12.8 Å². The van der Waals surface area contributed by atoms with Gasteiger partial charge in [0, 0.05) is 6.26 Å². The minimum atomic E-state index is -3.26. The maximum absolute atomic E-state index is 12.9. The molecule has 7 heteroatoms. The maximum Gasteiger partial charge on any atom is 0.175 e. The summed E-state index contributed by atoms with van der Waals surface area (Å²) in [5.41, 5.74) is 1.23. The second kappa shape index (κ2) is 5.00. The lowest BCUT2D eigenvalue weighted by atomic mass is 10.1. The first-order valence-electron chi connectivity index (χ1n) is 6.29. The molecule has 1 aromatic heterocycles. The van der Waals surface area contributed by atoms with Crippen molar-refractivity contribution in [1.82, 2.24) is 4.98 Å². The van der Waals surface area contributed by atoms with E-state index in [0.29, 0.717) is 23.7 Å². The van der Waals surface area contributed by atoms with Crippen LogP contribution in [0.3, 0.4) is 0 Å². The molecule has 0 bridgehead atoms. The number of fused-ring (bicyclic) bond motifs is 1. The highest BCUT2D eigenvalue weighted by Gasteiger charge is 2.23. The number of hydrogen-bond acceptors (Lipinski definition) is 5. The Morgan fingerprint density at radius 3 is 2.81 bits per heavy atom. The fourth-order valence-corrected chi connectivity index (χ4v) is 2.77. The Kier molecular flexibility index (Phi) is 3.29. The van der Waals surface area contributed by atoms with Crippen molar-refractivity contribution in [3.63, 3.8) is 0 Å². The first-order valence-corrected chi connectivity index (χ1v) is 8.19. The maximum atomic E-state index is 12.9. The third-order valence-corrected chi connectivity index (χ3v) is 4.32. The monoisotopic (exact) mass is 308 g/mol. The third-order valence-electron chi connectivity index (χ3n) is 3.21. The van der Waals surface area contributed by atoms with Gasteiger partial charge in [0.1, 0.15) is 11.6 Å². The lowest BCUT2D eigenvalue weighted by molar-refractivity contribution is 0.205. The average molecular weight is 308 g/mol. The Morgan fingerprint density at radius 1 is 1.33 bits per heavy atom. The van der Waals surface area contributed by atoms with Gasteiger partial charge in [-0.1, -0.05) is 0 Å². The molecular weight excluding hydrogens is 295 g/mol. The Bertz CT molecular complexity index is 775. The van der Waals surface area contributed by atoms with Crippen molar-refractivity contribution in [3.05, 3.63) is 48.0 Å². The molecule has 0 amide bonds. The summed E-state index contributed by atoms with van der Waals surface area (Å²) in [7, 11) is -3.26. The summed E-state index contributed by atoms with van der Waals surface area (Å²) < 4.78 is 41.7. The smallest absolute Gasteiger partial charge is 0.175 e. The van der Waals surface area contributed by atoms with Gasteiger partial charge >= 0.3 is 0 Å².